The molecule has 0 saturated carbocycles. The maximum Gasteiger partial charge on any atom is 0.250 e. The average Bonchev–Trinajstić information content (AvgIpc) is 2.54. The highest BCUT2D eigenvalue weighted by Gasteiger charge is 2.40. The minimum Gasteiger partial charge on any atom is -0.474 e. The molecule has 0 spiro atoms. The molecule has 9 heteroatoms. The first-order valence-corrected chi connectivity index (χ1v) is 9.91. The summed E-state index contributed by atoms with van der Waals surface area (Å²) in [4.78, 5) is 10.2. The molecule has 7 nitrogen and oxygen atoms in total. The van der Waals surface area contributed by atoms with Crippen LogP contribution in [0.15, 0.2) is 23.3 Å². The second kappa shape index (κ2) is 7.99. The Bertz CT molecular complexity index is 722. The molecule has 2 rings (SSSR count). The van der Waals surface area contributed by atoms with Crippen LogP contribution in [0, 0.1) is 5.82 Å². The molecule has 1 fully saturated rings. The molecule has 0 bridgehead atoms. The molecule has 1 aromatic heterocycles. The Kier molecular flexibility index (Phi) is 6.21. The fourth-order valence-electron chi connectivity index (χ4n) is 2.52. The molecule has 0 aliphatic carbocycles. The van der Waals surface area contributed by atoms with Gasteiger partial charge in [0.1, 0.15) is 6.61 Å². The summed E-state index contributed by atoms with van der Waals surface area (Å²) in [6.07, 6.45) is 1.46. The Morgan fingerprint density at radius 1 is 1.52 bits per heavy atom. The van der Waals surface area contributed by atoms with Gasteiger partial charge in [0.25, 0.3) is 0 Å². The van der Waals surface area contributed by atoms with E-state index in [1.54, 1.807) is 13.8 Å². The number of aliphatic imine (C=N–C) groups is 1. The molecule has 1 aliphatic heterocycles. The van der Waals surface area contributed by atoms with Crippen molar-refractivity contribution in [1.82, 2.24) is 15.2 Å². The molecular weight excluding hydrogens is 347 g/mol. The number of aromatic nitrogens is 1. The predicted molar refractivity (Wildman–Crippen MR) is 95.1 cm³/mol. The zero-order valence-corrected chi connectivity index (χ0v) is 15.6. The van der Waals surface area contributed by atoms with Gasteiger partial charge in [0.2, 0.25) is 5.88 Å². The van der Waals surface area contributed by atoms with Crippen molar-refractivity contribution in [3.05, 3.63) is 24.1 Å². The van der Waals surface area contributed by atoms with E-state index < -0.39 is 20.4 Å². The third kappa shape index (κ3) is 4.81. The lowest BCUT2D eigenvalue weighted by Gasteiger charge is -2.39. The maximum absolute atomic E-state index is 13.4. The molecule has 0 atom stereocenters. The van der Waals surface area contributed by atoms with Crippen LogP contribution < -0.4 is 10.1 Å². The van der Waals surface area contributed by atoms with Gasteiger partial charge in [0.05, 0.1) is 17.0 Å². The van der Waals surface area contributed by atoms with Crippen LogP contribution in [0.2, 0.25) is 0 Å². The van der Waals surface area contributed by atoms with Crippen molar-refractivity contribution in [2.75, 3.05) is 38.5 Å². The molecule has 1 aromatic rings. The van der Waals surface area contributed by atoms with Crippen molar-refractivity contribution < 1.29 is 17.5 Å². The number of guanidine groups is 1. The standard InChI is InChI=1S/C16H25FN4O3S/c1-4-18-15(21-9-11-25(22,23)16(2,3)12-21)20-8-10-24-14-13(17)6-5-7-19-14/h5-7H,4,8-12H2,1-3H3,(H,18,20). The molecular formula is C16H25FN4O3S. The fraction of sp³-hybridized carbons (Fsp3) is 0.625. The fourth-order valence-corrected chi connectivity index (χ4v) is 3.89. The van der Waals surface area contributed by atoms with Gasteiger partial charge < -0.3 is 15.0 Å². The summed E-state index contributed by atoms with van der Waals surface area (Å²) in [5.74, 6) is 0.171. The second-order valence-electron chi connectivity index (χ2n) is 6.37. The van der Waals surface area contributed by atoms with Crippen molar-refractivity contribution in [2.45, 2.75) is 25.5 Å². The van der Waals surface area contributed by atoms with E-state index in [-0.39, 0.29) is 18.2 Å². The van der Waals surface area contributed by atoms with E-state index in [1.807, 2.05) is 11.8 Å². The first kappa shape index (κ1) is 19.4. The average molecular weight is 372 g/mol. The highest BCUT2D eigenvalue weighted by molar-refractivity contribution is 7.92. The second-order valence-corrected chi connectivity index (χ2v) is 9.12. The summed E-state index contributed by atoms with van der Waals surface area (Å²) in [5, 5.41) is 3.16. The molecule has 25 heavy (non-hydrogen) atoms. The Balaban J connectivity index is 1.98. The minimum atomic E-state index is -3.11. The number of hydrogen-bond donors (Lipinski definition) is 1. The van der Waals surface area contributed by atoms with Crippen molar-refractivity contribution in [3.63, 3.8) is 0 Å². The first-order chi connectivity index (χ1) is 11.8. The van der Waals surface area contributed by atoms with E-state index in [9.17, 15) is 12.8 Å². The summed E-state index contributed by atoms with van der Waals surface area (Å²) in [5.41, 5.74) is 0. The SMILES string of the molecule is CCNC(=NCCOc1ncccc1F)N1CCS(=O)(=O)C(C)(C)C1. The quantitative estimate of drug-likeness (QED) is 0.473. The summed E-state index contributed by atoms with van der Waals surface area (Å²) < 4.78 is 42.2. The van der Waals surface area contributed by atoms with Gasteiger partial charge >= 0.3 is 0 Å². The Morgan fingerprint density at radius 2 is 2.28 bits per heavy atom. The van der Waals surface area contributed by atoms with E-state index in [2.05, 4.69) is 15.3 Å². The number of nitrogens with one attached hydrogen (secondary N) is 1. The topological polar surface area (TPSA) is 83.9 Å². The van der Waals surface area contributed by atoms with Gasteiger partial charge in [0, 0.05) is 25.8 Å². The summed E-state index contributed by atoms with van der Waals surface area (Å²) in [6, 6.07) is 2.78. The van der Waals surface area contributed by atoms with Crippen LogP contribution in [0.4, 0.5) is 4.39 Å². The third-order valence-electron chi connectivity index (χ3n) is 3.99. The van der Waals surface area contributed by atoms with Crippen LogP contribution in [0.5, 0.6) is 5.88 Å². The third-order valence-corrected chi connectivity index (χ3v) is 6.53. The van der Waals surface area contributed by atoms with Crippen LogP contribution in [0.1, 0.15) is 20.8 Å². The lowest BCUT2D eigenvalue weighted by Crippen LogP contribution is -2.57. The summed E-state index contributed by atoms with van der Waals surface area (Å²) in [7, 11) is -3.11. The zero-order valence-electron chi connectivity index (χ0n) is 14.8. The predicted octanol–water partition coefficient (Wildman–Crippen LogP) is 1.07. The molecule has 1 saturated heterocycles. The monoisotopic (exact) mass is 372 g/mol. The normalized spacial score (nSPS) is 19.5. The van der Waals surface area contributed by atoms with E-state index >= 15 is 0 Å². The lowest BCUT2D eigenvalue weighted by molar-refractivity contribution is 0.296. The van der Waals surface area contributed by atoms with Crippen LogP contribution in [-0.2, 0) is 9.84 Å². The number of rotatable bonds is 5. The largest absolute Gasteiger partial charge is 0.474 e. The molecule has 0 aromatic carbocycles. The smallest absolute Gasteiger partial charge is 0.250 e. The van der Waals surface area contributed by atoms with Crippen LogP contribution in [0.25, 0.3) is 0 Å². The molecule has 140 valence electrons. The van der Waals surface area contributed by atoms with E-state index in [0.717, 1.165) is 0 Å². The van der Waals surface area contributed by atoms with E-state index in [4.69, 9.17) is 4.74 Å². The number of pyridine rings is 1. The Morgan fingerprint density at radius 3 is 2.92 bits per heavy atom. The highest BCUT2D eigenvalue weighted by Crippen LogP contribution is 2.23. The van der Waals surface area contributed by atoms with Gasteiger partial charge in [-0.15, -0.1) is 0 Å². The van der Waals surface area contributed by atoms with Gasteiger partial charge in [-0.1, -0.05) is 0 Å². The Hall–Kier alpha value is -1.90. The van der Waals surface area contributed by atoms with Gasteiger partial charge in [0.15, 0.2) is 21.6 Å². The van der Waals surface area contributed by atoms with Gasteiger partial charge in [-0.25, -0.2) is 22.8 Å². The highest BCUT2D eigenvalue weighted by atomic mass is 32.2. The number of nitrogens with zero attached hydrogens (tertiary/aromatic N) is 3. The van der Waals surface area contributed by atoms with Crippen molar-refractivity contribution in [2.24, 2.45) is 4.99 Å². The summed E-state index contributed by atoms with van der Waals surface area (Å²) in [6.45, 7) is 7.32. The molecule has 0 unspecified atom stereocenters. The van der Waals surface area contributed by atoms with Gasteiger partial charge in [-0.3, -0.25) is 0 Å². The molecule has 0 radical (unpaired) electrons. The van der Waals surface area contributed by atoms with Crippen LogP contribution in [-0.4, -0.2) is 67.5 Å². The maximum atomic E-state index is 13.4. The molecule has 1 aliphatic rings. The number of sulfone groups is 1. The Labute approximate surface area is 148 Å². The molecule has 1 N–H and O–H groups in total. The van der Waals surface area contributed by atoms with Crippen molar-refractivity contribution in [1.29, 1.82) is 0 Å². The first-order valence-electron chi connectivity index (χ1n) is 8.26. The van der Waals surface area contributed by atoms with Crippen LogP contribution in [0.3, 0.4) is 0 Å². The lowest BCUT2D eigenvalue weighted by atomic mass is 10.2. The molecule has 0 amide bonds. The minimum absolute atomic E-state index is 0.0482. The van der Waals surface area contributed by atoms with E-state index in [0.29, 0.717) is 32.1 Å². The number of halogens is 1. The summed E-state index contributed by atoms with van der Waals surface area (Å²) >= 11 is 0. The van der Waals surface area contributed by atoms with Crippen LogP contribution >= 0.6 is 0 Å². The van der Waals surface area contributed by atoms with E-state index in [1.165, 1.54) is 18.3 Å². The van der Waals surface area contributed by atoms with Gasteiger partial charge in [-0.2, -0.15) is 0 Å². The van der Waals surface area contributed by atoms with Crippen molar-refractivity contribution in [3.8, 4) is 5.88 Å². The zero-order chi connectivity index (χ0) is 18.5. The van der Waals surface area contributed by atoms with Crippen molar-refractivity contribution >= 4 is 15.8 Å². The number of ether oxygens (including phenoxy) is 1. The van der Waals surface area contributed by atoms with Gasteiger partial charge in [-0.05, 0) is 32.9 Å². The number of hydrogen-bond acceptors (Lipinski definition) is 5. The molecule has 2 heterocycles.